The maximum absolute atomic E-state index is 10.3. The van der Waals surface area contributed by atoms with Gasteiger partial charge in [-0.3, -0.25) is 4.79 Å². The van der Waals surface area contributed by atoms with Crippen LogP contribution in [0, 0.1) is 0 Å². The molecule has 0 radical (unpaired) electrons. The SMILES string of the molecule is CCCCCCOC(C)=O.S. The molecule has 0 saturated carbocycles. The van der Waals surface area contributed by atoms with Gasteiger partial charge in [-0.2, -0.15) is 13.5 Å². The van der Waals surface area contributed by atoms with E-state index >= 15 is 0 Å². The highest BCUT2D eigenvalue weighted by atomic mass is 32.1. The molecule has 0 saturated heterocycles. The summed E-state index contributed by atoms with van der Waals surface area (Å²) in [5.41, 5.74) is 0. The maximum Gasteiger partial charge on any atom is 0.302 e. The van der Waals surface area contributed by atoms with Crippen LogP contribution in [-0.4, -0.2) is 12.6 Å². The smallest absolute Gasteiger partial charge is 0.302 e. The fourth-order valence-electron chi connectivity index (χ4n) is 0.745. The summed E-state index contributed by atoms with van der Waals surface area (Å²) >= 11 is 0. The van der Waals surface area contributed by atoms with Crippen LogP contribution in [0.2, 0.25) is 0 Å². The largest absolute Gasteiger partial charge is 0.466 e. The molecule has 0 amide bonds. The zero-order chi connectivity index (χ0) is 7.82. The van der Waals surface area contributed by atoms with Crippen molar-refractivity contribution in [1.29, 1.82) is 0 Å². The van der Waals surface area contributed by atoms with E-state index in [2.05, 4.69) is 6.92 Å². The van der Waals surface area contributed by atoms with Crippen LogP contribution in [0.25, 0.3) is 0 Å². The minimum absolute atomic E-state index is 0. The number of unbranched alkanes of at least 4 members (excludes halogenated alkanes) is 3. The summed E-state index contributed by atoms with van der Waals surface area (Å²) < 4.78 is 4.75. The van der Waals surface area contributed by atoms with Gasteiger partial charge in [0.25, 0.3) is 0 Å². The van der Waals surface area contributed by atoms with Crippen molar-refractivity contribution in [1.82, 2.24) is 0 Å². The Labute approximate surface area is 75.8 Å². The van der Waals surface area contributed by atoms with Gasteiger partial charge in [-0.15, -0.1) is 0 Å². The van der Waals surface area contributed by atoms with Gasteiger partial charge in [-0.1, -0.05) is 26.2 Å². The number of hydrogen-bond acceptors (Lipinski definition) is 2. The van der Waals surface area contributed by atoms with Crippen LogP contribution in [0.4, 0.5) is 0 Å². The number of carbonyl (C=O) groups excluding carboxylic acids is 1. The van der Waals surface area contributed by atoms with E-state index in [9.17, 15) is 4.79 Å². The lowest BCUT2D eigenvalue weighted by molar-refractivity contribution is -0.141. The minimum Gasteiger partial charge on any atom is -0.466 e. The molecule has 0 heterocycles. The Morgan fingerprint density at radius 3 is 2.36 bits per heavy atom. The Morgan fingerprint density at radius 1 is 1.27 bits per heavy atom. The second-order valence-corrected chi connectivity index (χ2v) is 2.40. The molecule has 0 fully saturated rings. The Bertz CT molecular complexity index is 94.1. The van der Waals surface area contributed by atoms with Gasteiger partial charge in [0, 0.05) is 6.92 Å². The summed E-state index contributed by atoms with van der Waals surface area (Å²) in [7, 11) is 0. The van der Waals surface area contributed by atoms with E-state index in [4.69, 9.17) is 4.74 Å². The molecule has 0 unspecified atom stereocenters. The normalized spacial score (nSPS) is 8.55. The lowest BCUT2D eigenvalue weighted by Crippen LogP contribution is -1.99. The molecule has 0 aliphatic carbocycles. The quantitative estimate of drug-likeness (QED) is 0.477. The van der Waals surface area contributed by atoms with E-state index in [0.717, 1.165) is 6.42 Å². The molecule has 0 aliphatic rings. The van der Waals surface area contributed by atoms with Crippen LogP contribution in [0.5, 0.6) is 0 Å². The van der Waals surface area contributed by atoms with Crippen molar-refractivity contribution in [3.05, 3.63) is 0 Å². The molecule has 68 valence electrons. The molecule has 2 nitrogen and oxygen atoms in total. The number of ether oxygens (including phenoxy) is 1. The predicted octanol–water partition coefficient (Wildman–Crippen LogP) is 2.24. The summed E-state index contributed by atoms with van der Waals surface area (Å²) in [4.78, 5) is 10.3. The Hall–Kier alpha value is -0.180. The van der Waals surface area contributed by atoms with Gasteiger partial charge in [0.15, 0.2) is 0 Å². The predicted molar refractivity (Wildman–Crippen MR) is 51.2 cm³/mol. The van der Waals surface area contributed by atoms with Crippen LogP contribution in [-0.2, 0) is 9.53 Å². The molecule has 0 rings (SSSR count). The van der Waals surface area contributed by atoms with E-state index in [0.29, 0.717) is 6.61 Å². The molecule has 0 aromatic heterocycles. The molecular formula is C8H18O2S. The fraction of sp³-hybridized carbons (Fsp3) is 0.875. The molecule has 0 N–H and O–H groups in total. The molecule has 3 heteroatoms. The second-order valence-electron chi connectivity index (χ2n) is 2.40. The van der Waals surface area contributed by atoms with Crippen molar-refractivity contribution >= 4 is 19.5 Å². The molecule has 11 heavy (non-hydrogen) atoms. The average molecular weight is 178 g/mol. The van der Waals surface area contributed by atoms with E-state index in [1.165, 1.54) is 26.2 Å². The first-order valence-electron chi connectivity index (χ1n) is 3.90. The highest BCUT2D eigenvalue weighted by Gasteiger charge is 1.91. The number of rotatable bonds is 5. The summed E-state index contributed by atoms with van der Waals surface area (Å²) in [6.07, 6.45) is 4.64. The first kappa shape index (κ1) is 13.4. The van der Waals surface area contributed by atoms with Crippen LogP contribution >= 0.6 is 13.5 Å². The number of hydrogen-bond donors (Lipinski definition) is 0. The van der Waals surface area contributed by atoms with Crippen LogP contribution < -0.4 is 0 Å². The molecule has 0 aromatic carbocycles. The van der Waals surface area contributed by atoms with Gasteiger partial charge in [0.1, 0.15) is 0 Å². The highest BCUT2D eigenvalue weighted by Crippen LogP contribution is 1.98. The average Bonchev–Trinajstić information content (AvgIpc) is 1.87. The van der Waals surface area contributed by atoms with Crippen LogP contribution in [0.1, 0.15) is 39.5 Å². The molecule has 0 bridgehead atoms. The lowest BCUT2D eigenvalue weighted by atomic mass is 10.2. The monoisotopic (exact) mass is 178 g/mol. The Morgan fingerprint density at radius 2 is 1.91 bits per heavy atom. The molecule has 0 aliphatic heterocycles. The highest BCUT2D eigenvalue weighted by molar-refractivity contribution is 7.59. The third-order valence-electron chi connectivity index (χ3n) is 1.30. The third-order valence-corrected chi connectivity index (χ3v) is 1.30. The first-order chi connectivity index (χ1) is 4.77. The Balaban J connectivity index is 0. The van der Waals surface area contributed by atoms with Crippen molar-refractivity contribution in [3.63, 3.8) is 0 Å². The minimum atomic E-state index is -0.170. The number of esters is 1. The first-order valence-corrected chi connectivity index (χ1v) is 3.90. The van der Waals surface area contributed by atoms with Crippen molar-refractivity contribution < 1.29 is 9.53 Å². The van der Waals surface area contributed by atoms with Crippen LogP contribution in [0.3, 0.4) is 0 Å². The zero-order valence-corrected chi connectivity index (χ0v) is 8.35. The van der Waals surface area contributed by atoms with E-state index < -0.39 is 0 Å². The molecular weight excluding hydrogens is 160 g/mol. The van der Waals surface area contributed by atoms with Crippen LogP contribution in [0.15, 0.2) is 0 Å². The summed E-state index contributed by atoms with van der Waals surface area (Å²) in [5.74, 6) is -0.170. The topological polar surface area (TPSA) is 26.3 Å². The standard InChI is InChI=1S/C8H16O2.H2S/c1-3-4-5-6-7-10-8(2)9;/h3-7H2,1-2H3;1H2. The van der Waals surface area contributed by atoms with Crippen molar-refractivity contribution in [2.24, 2.45) is 0 Å². The van der Waals surface area contributed by atoms with Crippen molar-refractivity contribution in [2.75, 3.05) is 6.61 Å². The van der Waals surface area contributed by atoms with Gasteiger partial charge >= 0.3 is 5.97 Å². The zero-order valence-electron chi connectivity index (χ0n) is 7.35. The molecule has 0 aromatic rings. The lowest BCUT2D eigenvalue weighted by Gasteiger charge is -1.99. The fourth-order valence-corrected chi connectivity index (χ4v) is 0.745. The van der Waals surface area contributed by atoms with Crippen molar-refractivity contribution in [2.45, 2.75) is 39.5 Å². The van der Waals surface area contributed by atoms with E-state index in [1.54, 1.807) is 0 Å². The summed E-state index contributed by atoms with van der Waals surface area (Å²) in [5, 5.41) is 0. The summed E-state index contributed by atoms with van der Waals surface area (Å²) in [6, 6.07) is 0. The van der Waals surface area contributed by atoms with Crippen molar-refractivity contribution in [3.8, 4) is 0 Å². The molecule has 0 spiro atoms. The van der Waals surface area contributed by atoms with Gasteiger partial charge in [-0.25, -0.2) is 0 Å². The number of carbonyl (C=O) groups is 1. The summed E-state index contributed by atoms with van der Waals surface area (Å²) in [6.45, 7) is 4.20. The van der Waals surface area contributed by atoms with Gasteiger partial charge in [0.2, 0.25) is 0 Å². The van der Waals surface area contributed by atoms with E-state index in [-0.39, 0.29) is 19.5 Å². The maximum atomic E-state index is 10.3. The van der Waals surface area contributed by atoms with Gasteiger partial charge in [-0.05, 0) is 6.42 Å². The second kappa shape index (κ2) is 9.82. The molecule has 0 atom stereocenters. The van der Waals surface area contributed by atoms with Gasteiger partial charge in [0.05, 0.1) is 6.61 Å². The van der Waals surface area contributed by atoms with Gasteiger partial charge < -0.3 is 4.74 Å². The Kier molecular flexibility index (Phi) is 12.0. The third kappa shape index (κ3) is 12.9. The van der Waals surface area contributed by atoms with E-state index in [1.807, 2.05) is 0 Å².